The van der Waals surface area contributed by atoms with Crippen molar-refractivity contribution in [2.24, 2.45) is 11.8 Å². The molecule has 0 unspecified atom stereocenters. The minimum Gasteiger partial charge on any atom is -0.316 e. The van der Waals surface area contributed by atoms with Crippen molar-refractivity contribution in [3.05, 3.63) is 34.6 Å². The predicted octanol–water partition coefficient (Wildman–Crippen LogP) is 4.78. The Balaban J connectivity index is 2.15. The van der Waals surface area contributed by atoms with E-state index >= 15 is 0 Å². The molecule has 0 spiro atoms. The van der Waals surface area contributed by atoms with E-state index in [-0.39, 0.29) is 11.2 Å². The van der Waals surface area contributed by atoms with E-state index in [4.69, 9.17) is 11.6 Å². The summed E-state index contributed by atoms with van der Waals surface area (Å²) in [6, 6.07) is 4.85. The zero-order valence-corrected chi connectivity index (χ0v) is 13.4. The molecule has 0 amide bonds. The lowest BCUT2D eigenvalue weighted by molar-refractivity contribution is 0.133. The van der Waals surface area contributed by atoms with Crippen molar-refractivity contribution in [3.8, 4) is 0 Å². The molecule has 1 aromatic rings. The van der Waals surface area contributed by atoms with Gasteiger partial charge in [0.05, 0.1) is 0 Å². The van der Waals surface area contributed by atoms with Gasteiger partial charge in [0.2, 0.25) is 0 Å². The Morgan fingerprint density at radius 3 is 2.65 bits per heavy atom. The van der Waals surface area contributed by atoms with E-state index in [1.54, 1.807) is 0 Å². The maximum Gasteiger partial charge on any atom is 0.124 e. The zero-order valence-electron chi connectivity index (χ0n) is 12.7. The van der Waals surface area contributed by atoms with E-state index in [1.165, 1.54) is 18.6 Å². The van der Waals surface area contributed by atoms with Crippen molar-refractivity contribution in [2.75, 3.05) is 13.1 Å². The second-order valence-corrected chi connectivity index (χ2v) is 7.02. The molecule has 112 valence electrons. The van der Waals surface area contributed by atoms with Gasteiger partial charge in [-0.2, -0.15) is 0 Å². The quantitative estimate of drug-likeness (QED) is 0.796. The molecular weight excluding hydrogens is 273 g/mol. The number of nitrogens with one attached hydrogen (secondary N) is 1. The molecular formula is C17H25ClFN. The lowest BCUT2D eigenvalue weighted by atomic mass is 9.58. The van der Waals surface area contributed by atoms with Gasteiger partial charge in [0.25, 0.3) is 0 Å². The van der Waals surface area contributed by atoms with Crippen molar-refractivity contribution in [3.63, 3.8) is 0 Å². The molecule has 1 fully saturated rings. The third-order valence-electron chi connectivity index (χ3n) is 4.45. The van der Waals surface area contributed by atoms with Crippen molar-refractivity contribution in [1.29, 1.82) is 0 Å². The molecule has 1 nitrogen and oxygen atoms in total. The van der Waals surface area contributed by atoms with Gasteiger partial charge >= 0.3 is 0 Å². The number of halogens is 2. The first-order chi connectivity index (χ1) is 9.47. The summed E-state index contributed by atoms with van der Waals surface area (Å²) >= 11 is 6.29. The Morgan fingerprint density at radius 1 is 1.40 bits per heavy atom. The van der Waals surface area contributed by atoms with Crippen LogP contribution < -0.4 is 5.32 Å². The first-order valence-electron chi connectivity index (χ1n) is 7.63. The van der Waals surface area contributed by atoms with Gasteiger partial charge in [-0.25, -0.2) is 4.39 Å². The average molecular weight is 298 g/mol. The largest absolute Gasteiger partial charge is 0.316 e. The highest BCUT2D eigenvalue weighted by atomic mass is 35.5. The number of hydrogen-bond donors (Lipinski definition) is 1. The Bertz CT molecular complexity index is 452. The molecule has 0 aromatic heterocycles. The van der Waals surface area contributed by atoms with Crippen LogP contribution in [0.15, 0.2) is 18.2 Å². The average Bonchev–Trinajstić information content (AvgIpc) is 2.32. The topological polar surface area (TPSA) is 12.0 Å². The summed E-state index contributed by atoms with van der Waals surface area (Å²) in [5.74, 6) is 1.16. The zero-order chi connectivity index (χ0) is 14.8. The molecule has 0 atom stereocenters. The number of rotatable bonds is 6. The van der Waals surface area contributed by atoms with Gasteiger partial charge in [-0.05, 0) is 48.9 Å². The minimum absolute atomic E-state index is 0.0976. The fourth-order valence-corrected chi connectivity index (χ4v) is 3.68. The van der Waals surface area contributed by atoms with Crippen molar-refractivity contribution in [2.45, 2.75) is 45.4 Å². The monoisotopic (exact) mass is 297 g/mol. The molecule has 0 radical (unpaired) electrons. The van der Waals surface area contributed by atoms with Gasteiger partial charge in [0.15, 0.2) is 0 Å². The molecule has 1 aliphatic rings. The van der Waals surface area contributed by atoms with Gasteiger partial charge in [0.1, 0.15) is 5.82 Å². The van der Waals surface area contributed by atoms with E-state index < -0.39 is 0 Å². The summed E-state index contributed by atoms with van der Waals surface area (Å²) in [5, 5.41) is 4.14. The first kappa shape index (κ1) is 15.8. The Kier molecular flexibility index (Phi) is 5.09. The van der Waals surface area contributed by atoms with Gasteiger partial charge < -0.3 is 5.32 Å². The summed E-state index contributed by atoms with van der Waals surface area (Å²) in [6.07, 6.45) is 3.52. The van der Waals surface area contributed by atoms with Crippen LogP contribution in [0.3, 0.4) is 0 Å². The molecule has 1 aromatic carbocycles. The highest BCUT2D eigenvalue weighted by molar-refractivity contribution is 6.31. The fraction of sp³-hybridized carbons (Fsp3) is 0.647. The second kappa shape index (κ2) is 6.44. The van der Waals surface area contributed by atoms with E-state index in [9.17, 15) is 4.39 Å². The van der Waals surface area contributed by atoms with E-state index in [2.05, 4.69) is 26.1 Å². The van der Waals surface area contributed by atoms with Crippen LogP contribution in [-0.4, -0.2) is 13.1 Å². The molecule has 1 saturated carbocycles. The van der Waals surface area contributed by atoms with Gasteiger partial charge in [0, 0.05) is 17.0 Å². The molecule has 0 bridgehead atoms. The van der Waals surface area contributed by atoms with E-state index in [1.807, 2.05) is 6.07 Å². The number of benzene rings is 1. The number of hydrogen-bond acceptors (Lipinski definition) is 1. The molecule has 1 N–H and O–H groups in total. The molecule has 20 heavy (non-hydrogen) atoms. The van der Waals surface area contributed by atoms with Crippen LogP contribution >= 0.6 is 11.6 Å². The fourth-order valence-electron chi connectivity index (χ4n) is 3.31. The van der Waals surface area contributed by atoms with Crippen LogP contribution in [0, 0.1) is 17.7 Å². The minimum atomic E-state index is -0.254. The maximum absolute atomic E-state index is 13.3. The van der Waals surface area contributed by atoms with Gasteiger partial charge in [-0.1, -0.05) is 44.9 Å². The summed E-state index contributed by atoms with van der Waals surface area (Å²) < 4.78 is 13.3. The van der Waals surface area contributed by atoms with Crippen LogP contribution in [0.2, 0.25) is 5.02 Å². The van der Waals surface area contributed by atoms with Crippen LogP contribution in [0.25, 0.3) is 0 Å². The lowest BCUT2D eigenvalue weighted by Gasteiger charge is -2.49. The van der Waals surface area contributed by atoms with Crippen molar-refractivity contribution >= 4 is 11.6 Å². The summed E-state index contributed by atoms with van der Waals surface area (Å²) in [6.45, 7) is 8.60. The smallest absolute Gasteiger partial charge is 0.124 e. The van der Waals surface area contributed by atoms with Crippen molar-refractivity contribution < 1.29 is 4.39 Å². The standard InChI is InChI=1S/C17H25ClFN/c1-4-13-8-17(9-13,11-20-10-12(2)3)15-6-5-14(19)7-16(15)18/h5-7,12-13,20H,4,8-11H2,1-3H3. The normalized spacial score (nSPS) is 25.8. The van der Waals surface area contributed by atoms with Crippen LogP contribution in [0.4, 0.5) is 4.39 Å². The molecule has 0 aliphatic heterocycles. The highest BCUT2D eigenvalue weighted by Gasteiger charge is 2.45. The van der Waals surface area contributed by atoms with Crippen molar-refractivity contribution in [1.82, 2.24) is 5.32 Å². The Labute approximate surface area is 126 Å². The second-order valence-electron chi connectivity index (χ2n) is 6.61. The third kappa shape index (κ3) is 3.35. The molecule has 0 saturated heterocycles. The van der Waals surface area contributed by atoms with E-state index in [0.717, 1.165) is 37.4 Å². The summed E-state index contributed by atoms with van der Waals surface area (Å²) in [4.78, 5) is 0. The lowest BCUT2D eigenvalue weighted by Crippen LogP contribution is -2.49. The Hall–Kier alpha value is -0.600. The van der Waals surface area contributed by atoms with Crippen LogP contribution in [-0.2, 0) is 5.41 Å². The predicted molar refractivity (Wildman–Crippen MR) is 83.8 cm³/mol. The molecule has 2 rings (SSSR count). The molecule has 3 heteroatoms. The molecule has 0 heterocycles. The highest BCUT2D eigenvalue weighted by Crippen LogP contribution is 2.50. The third-order valence-corrected chi connectivity index (χ3v) is 4.77. The summed E-state index contributed by atoms with van der Waals surface area (Å²) in [7, 11) is 0. The van der Waals surface area contributed by atoms with Crippen LogP contribution in [0.5, 0.6) is 0 Å². The summed E-state index contributed by atoms with van der Waals surface area (Å²) in [5.41, 5.74) is 1.21. The van der Waals surface area contributed by atoms with Crippen LogP contribution in [0.1, 0.15) is 45.6 Å². The maximum atomic E-state index is 13.3. The molecule has 1 aliphatic carbocycles. The van der Waals surface area contributed by atoms with Gasteiger partial charge in [-0.15, -0.1) is 0 Å². The SMILES string of the molecule is CCC1CC(CNCC(C)C)(c2ccc(F)cc2Cl)C1. The van der Waals surface area contributed by atoms with Gasteiger partial charge in [-0.3, -0.25) is 0 Å². The first-order valence-corrected chi connectivity index (χ1v) is 8.01. The van der Waals surface area contributed by atoms with E-state index in [0.29, 0.717) is 10.9 Å². The Morgan fingerprint density at radius 2 is 2.10 bits per heavy atom.